The third-order valence-corrected chi connectivity index (χ3v) is 12.2. The minimum absolute atomic E-state index is 0.0160. The molecule has 0 saturated heterocycles. The molecule has 0 aliphatic carbocycles. The fourth-order valence-corrected chi connectivity index (χ4v) is 8.85. The van der Waals surface area contributed by atoms with Crippen molar-refractivity contribution in [1.29, 1.82) is 0 Å². The molecule has 2 aromatic rings. The average molecular weight is 839 g/mol. The number of hydrogen-bond donors (Lipinski definition) is 5. The van der Waals surface area contributed by atoms with Gasteiger partial charge in [-0.1, -0.05) is 32.9 Å². The lowest BCUT2D eigenvalue weighted by Crippen LogP contribution is -2.31. The quantitative estimate of drug-likeness (QED) is 0.0804. The van der Waals surface area contributed by atoms with Crippen molar-refractivity contribution in [2.45, 2.75) is 71.1 Å². The molecule has 1 amide bonds. The molecule has 2 aromatic carbocycles. The summed E-state index contributed by atoms with van der Waals surface area (Å²) in [6.07, 6.45) is 5.77. The second kappa shape index (κ2) is 16.7. The standard InChI is InChI=1S/C37H47N3O13S3/c1-6-11-29(41)24-22-26(34(42)38-16-21-56(51,52)53)33-28(23-24)40(18-10-20-55(48,49)50)31(37(33,4)5)15-8-14-30-36(2,3)32-25(35(43)44)12-7-13-27(32)39(30)17-9-19-54(45,46)47/h7-8,12-15,22-23H,6,9-11,16-21H2,1-5H3,(H4-,38,42,43,44,45,46,47,48,49,50,51,52,53)/p+1. The van der Waals surface area contributed by atoms with Gasteiger partial charge >= 0.3 is 5.97 Å². The van der Waals surface area contributed by atoms with Crippen molar-refractivity contribution in [2.24, 2.45) is 0 Å². The van der Waals surface area contributed by atoms with Gasteiger partial charge in [-0.05, 0) is 51.0 Å². The fourth-order valence-electron chi connectivity index (χ4n) is 7.51. The summed E-state index contributed by atoms with van der Waals surface area (Å²) in [7, 11) is -13.1. The molecule has 0 saturated carbocycles. The van der Waals surface area contributed by atoms with Gasteiger partial charge in [-0.2, -0.15) is 29.8 Å². The number of carbonyl (C=O) groups is 3. The fraction of sp³-hybridized carbons (Fsp3) is 0.459. The molecule has 56 heavy (non-hydrogen) atoms. The van der Waals surface area contributed by atoms with Gasteiger partial charge in [0.2, 0.25) is 5.69 Å². The Hall–Kier alpha value is -4.27. The molecule has 0 fully saturated rings. The van der Waals surface area contributed by atoms with Crippen LogP contribution in [0.15, 0.2) is 54.3 Å². The third-order valence-electron chi connectivity index (χ3n) is 9.85. The van der Waals surface area contributed by atoms with Gasteiger partial charge in [-0.25, -0.2) is 4.79 Å². The number of hydrogen-bond acceptors (Lipinski definition) is 10. The van der Waals surface area contributed by atoms with Gasteiger partial charge in [-0.3, -0.25) is 23.2 Å². The lowest BCUT2D eigenvalue weighted by Gasteiger charge is -2.27. The summed E-state index contributed by atoms with van der Waals surface area (Å²) >= 11 is 0. The van der Waals surface area contributed by atoms with E-state index in [4.69, 9.17) is 0 Å². The zero-order valence-corrected chi connectivity index (χ0v) is 34.2. The number of carboxylic acid groups (broad SMARTS) is 1. The number of ketones is 1. The van der Waals surface area contributed by atoms with Crippen molar-refractivity contribution in [3.05, 3.63) is 82.1 Å². The normalized spacial score (nSPS) is 17.1. The summed E-state index contributed by atoms with van der Waals surface area (Å²) in [6.45, 7) is 8.78. The molecule has 4 rings (SSSR count). The Morgan fingerprint density at radius 1 is 0.839 bits per heavy atom. The summed E-state index contributed by atoms with van der Waals surface area (Å²) in [5.41, 5.74) is 1.42. The van der Waals surface area contributed by atoms with E-state index in [2.05, 4.69) is 5.32 Å². The first-order valence-corrected chi connectivity index (χ1v) is 22.7. The van der Waals surface area contributed by atoms with Crippen LogP contribution < -0.4 is 10.2 Å². The van der Waals surface area contributed by atoms with Crippen LogP contribution in [0.3, 0.4) is 0 Å². The van der Waals surface area contributed by atoms with Crippen molar-refractivity contribution in [3.63, 3.8) is 0 Å². The predicted molar refractivity (Wildman–Crippen MR) is 210 cm³/mol. The number of benzene rings is 2. The topological polar surface area (TPSA) is 253 Å². The van der Waals surface area contributed by atoms with Crippen molar-refractivity contribution in [1.82, 2.24) is 5.32 Å². The molecule has 19 heteroatoms. The Kier molecular flexibility index (Phi) is 13.2. The summed E-state index contributed by atoms with van der Waals surface area (Å²) in [5, 5.41) is 12.6. The number of allylic oxidation sites excluding steroid dienone is 4. The van der Waals surface area contributed by atoms with Crippen molar-refractivity contribution >= 4 is 65.1 Å². The SMILES string of the molecule is CCCC(=O)c1cc(C(=O)NCCS(=O)(=O)O)c2c(c1)N(CCCS(=O)(=O)O)C(=CC=CC1=[N+](CCCS(=O)(=O)O)c3cccc(C(=O)O)c3C1(C)C)C2(C)C. The van der Waals surface area contributed by atoms with Gasteiger partial charge in [0.15, 0.2) is 11.5 Å². The molecule has 0 bridgehead atoms. The molecule has 306 valence electrons. The van der Waals surface area contributed by atoms with E-state index < -0.39 is 76.9 Å². The highest BCUT2D eigenvalue weighted by Gasteiger charge is 2.47. The summed E-state index contributed by atoms with van der Waals surface area (Å²) in [4.78, 5) is 41.1. The third kappa shape index (κ3) is 10.2. The highest BCUT2D eigenvalue weighted by atomic mass is 32.2. The van der Waals surface area contributed by atoms with E-state index in [1.807, 2.05) is 20.8 Å². The summed E-state index contributed by atoms with van der Waals surface area (Å²) in [5.74, 6) is -4.01. The van der Waals surface area contributed by atoms with Crippen LogP contribution in [0.5, 0.6) is 0 Å². The van der Waals surface area contributed by atoms with Gasteiger partial charge in [-0.15, -0.1) is 0 Å². The van der Waals surface area contributed by atoms with Gasteiger partial charge < -0.3 is 15.3 Å². The first kappa shape index (κ1) is 44.4. The Bertz CT molecular complexity index is 2360. The molecule has 0 aromatic heterocycles. The molecule has 2 heterocycles. The number of carboxylic acids is 1. The number of anilines is 1. The zero-order chi connectivity index (χ0) is 42.0. The molecule has 0 atom stereocenters. The summed E-state index contributed by atoms with van der Waals surface area (Å²) < 4.78 is 99.4. The molecule has 16 nitrogen and oxygen atoms in total. The van der Waals surface area contributed by atoms with Crippen LogP contribution in [0.1, 0.15) is 103 Å². The van der Waals surface area contributed by atoms with E-state index in [0.29, 0.717) is 40.3 Å². The van der Waals surface area contributed by atoms with Crippen molar-refractivity contribution in [3.8, 4) is 0 Å². The van der Waals surface area contributed by atoms with Crippen molar-refractivity contribution < 1.29 is 63.0 Å². The lowest BCUT2D eigenvalue weighted by molar-refractivity contribution is -0.437. The Morgan fingerprint density at radius 3 is 2.05 bits per heavy atom. The largest absolute Gasteiger partial charge is 0.478 e. The molecule has 0 radical (unpaired) electrons. The number of amides is 1. The van der Waals surface area contributed by atoms with Gasteiger partial charge in [0.05, 0.1) is 33.8 Å². The molecule has 5 N–H and O–H groups in total. The minimum atomic E-state index is -4.41. The number of Topliss-reactive ketones (excluding diaryl/α,β-unsaturated/α-hetero) is 1. The van der Waals surface area contributed by atoms with E-state index in [1.165, 1.54) is 12.1 Å². The van der Waals surface area contributed by atoms with Crippen LogP contribution in [0.4, 0.5) is 11.4 Å². The maximum Gasteiger partial charge on any atom is 0.336 e. The minimum Gasteiger partial charge on any atom is -0.478 e. The predicted octanol–water partition coefficient (Wildman–Crippen LogP) is 4.16. The lowest BCUT2D eigenvalue weighted by atomic mass is 9.78. The van der Waals surface area contributed by atoms with E-state index in [0.717, 1.165) is 0 Å². The zero-order valence-electron chi connectivity index (χ0n) is 31.8. The van der Waals surface area contributed by atoms with Crippen LogP contribution >= 0.6 is 0 Å². The number of rotatable bonds is 18. The first-order valence-electron chi connectivity index (χ1n) is 17.8. The maximum atomic E-state index is 13.7. The maximum absolute atomic E-state index is 13.7. The Balaban J connectivity index is 1.91. The Labute approximate surface area is 327 Å². The highest BCUT2D eigenvalue weighted by Crippen LogP contribution is 2.50. The van der Waals surface area contributed by atoms with Crippen LogP contribution in [0.2, 0.25) is 0 Å². The highest BCUT2D eigenvalue weighted by molar-refractivity contribution is 7.86. The number of nitrogens with one attached hydrogen (secondary N) is 1. The average Bonchev–Trinajstić information content (AvgIpc) is 3.41. The van der Waals surface area contributed by atoms with E-state index >= 15 is 0 Å². The van der Waals surface area contributed by atoms with Crippen molar-refractivity contribution in [2.75, 3.05) is 41.8 Å². The van der Waals surface area contributed by atoms with Crippen LogP contribution in [-0.2, 0) is 41.2 Å². The smallest absolute Gasteiger partial charge is 0.336 e. The molecular weight excluding hydrogens is 791 g/mol. The second-order valence-corrected chi connectivity index (χ2v) is 19.5. The molecule has 0 spiro atoms. The number of nitrogens with zero attached hydrogens (tertiary/aromatic N) is 2. The number of fused-ring (bicyclic) bond motifs is 2. The van der Waals surface area contributed by atoms with E-state index in [9.17, 15) is 58.4 Å². The molecule has 0 unspecified atom stereocenters. The van der Waals surface area contributed by atoms with Gasteiger partial charge in [0, 0.05) is 71.6 Å². The number of aromatic carboxylic acids is 1. The number of carbonyl (C=O) groups excluding carboxylic acids is 2. The van der Waals surface area contributed by atoms with Gasteiger partial charge in [0.25, 0.3) is 36.3 Å². The van der Waals surface area contributed by atoms with Crippen LogP contribution in [0.25, 0.3) is 0 Å². The van der Waals surface area contributed by atoms with E-state index in [1.54, 1.807) is 59.8 Å². The van der Waals surface area contributed by atoms with E-state index in [-0.39, 0.29) is 54.8 Å². The van der Waals surface area contributed by atoms with Gasteiger partial charge in [0.1, 0.15) is 6.54 Å². The van der Waals surface area contributed by atoms with Crippen LogP contribution in [0, 0.1) is 0 Å². The first-order chi connectivity index (χ1) is 25.8. The van der Waals surface area contributed by atoms with Crippen LogP contribution in [-0.4, -0.2) is 109 Å². The second-order valence-electron chi connectivity index (χ2n) is 14.8. The molecular formula is C37H48N3O13S3+. The summed E-state index contributed by atoms with van der Waals surface area (Å²) in [6, 6.07) is 7.82. The molecule has 2 aliphatic rings. The Morgan fingerprint density at radius 2 is 1.46 bits per heavy atom. The monoisotopic (exact) mass is 838 g/mol. The molecule has 2 aliphatic heterocycles.